The average Bonchev–Trinajstić information content (AvgIpc) is 3.85. The summed E-state index contributed by atoms with van der Waals surface area (Å²) >= 11 is 0. The molecule has 2 aromatic heterocycles. The van der Waals surface area contributed by atoms with E-state index in [4.69, 9.17) is 13.1 Å². The highest BCUT2D eigenvalue weighted by Gasteiger charge is 2.25. The number of benzene rings is 8. The molecule has 0 aliphatic heterocycles. The number of fused-ring (bicyclic) bond motifs is 6. The van der Waals surface area contributed by atoms with Crippen LogP contribution in [-0.2, 0) is 0 Å². The van der Waals surface area contributed by atoms with E-state index in [-0.39, 0.29) is 11.1 Å². The number of hydrogen-bond acceptors (Lipinski definition) is 4. The third-order valence-corrected chi connectivity index (χ3v) is 11.5. The lowest BCUT2D eigenvalue weighted by Crippen LogP contribution is -2.06. The van der Waals surface area contributed by atoms with E-state index < -0.39 is 5.82 Å². The van der Waals surface area contributed by atoms with E-state index in [1.165, 1.54) is 6.07 Å². The fourth-order valence-corrected chi connectivity index (χ4v) is 8.78. The predicted octanol–water partition coefficient (Wildman–Crippen LogP) is 13.6. The minimum Gasteiger partial charge on any atom is -0.308 e. The van der Waals surface area contributed by atoms with Gasteiger partial charge in [0.15, 0.2) is 11.4 Å². The van der Waals surface area contributed by atoms with E-state index in [9.17, 15) is 21.0 Å². The van der Waals surface area contributed by atoms with Crippen molar-refractivity contribution in [2.45, 2.75) is 0 Å². The van der Waals surface area contributed by atoms with Crippen LogP contribution in [-0.4, -0.2) is 9.13 Å². The summed E-state index contributed by atoms with van der Waals surface area (Å²) in [5.41, 5.74) is 9.69. The highest BCUT2D eigenvalue weighted by Crippen LogP contribution is 2.45. The molecule has 0 N–H and O–H groups in total. The highest BCUT2D eigenvalue weighted by molar-refractivity contribution is 6.13. The van der Waals surface area contributed by atoms with Crippen molar-refractivity contribution >= 4 is 55.0 Å². The Bertz CT molecular complexity index is 3690. The molecule has 0 unspecified atom stereocenters. The lowest BCUT2D eigenvalue weighted by molar-refractivity contribution is 0.630. The summed E-state index contributed by atoms with van der Waals surface area (Å²) in [5.74, 6) is -0.619. The predicted molar refractivity (Wildman–Crippen MR) is 243 cm³/mol. The number of hydrogen-bond donors (Lipinski definition) is 0. The summed E-state index contributed by atoms with van der Waals surface area (Å²) in [6.07, 6.45) is 0. The summed E-state index contributed by atoms with van der Waals surface area (Å²) in [6, 6.07) is 54.2. The van der Waals surface area contributed by atoms with Crippen molar-refractivity contribution in [1.82, 2.24) is 9.13 Å². The number of rotatable bonds is 5. The largest absolute Gasteiger partial charge is 0.308 e. The van der Waals surface area contributed by atoms with Crippen molar-refractivity contribution < 1.29 is 4.39 Å². The van der Waals surface area contributed by atoms with Crippen molar-refractivity contribution in [3.05, 3.63) is 203 Å². The Morgan fingerprint density at radius 1 is 0.444 bits per heavy atom. The summed E-state index contributed by atoms with van der Waals surface area (Å²) < 4.78 is 20.9. The number of aromatic nitrogens is 2. The molecule has 10 aromatic rings. The van der Waals surface area contributed by atoms with Gasteiger partial charge in [0.05, 0.1) is 93.1 Å². The Labute approximate surface area is 359 Å². The summed E-state index contributed by atoms with van der Waals surface area (Å²) in [4.78, 5) is 7.24. The van der Waals surface area contributed by atoms with Gasteiger partial charge in [-0.2, -0.15) is 21.0 Å². The van der Waals surface area contributed by atoms with Crippen molar-refractivity contribution in [2.75, 3.05) is 0 Å². The molecule has 0 radical (unpaired) electrons. The third-order valence-electron chi connectivity index (χ3n) is 11.5. The van der Waals surface area contributed by atoms with Crippen molar-refractivity contribution in [3.63, 3.8) is 0 Å². The fraction of sp³-hybridized carbons (Fsp3) is 0. The van der Waals surface area contributed by atoms with E-state index in [0.717, 1.165) is 54.7 Å². The molecule has 8 nitrogen and oxygen atoms in total. The van der Waals surface area contributed by atoms with E-state index in [2.05, 4.69) is 27.9 Å². The van der Waals surface area contributed by atoms with Gasteiger partial charge in [0, 0.05) is 32.7 Å². The maximum atomic E-state index is 16.8. The molecular weight excluding hydrogens is 780 g/mol. The Morgan fingerprint density at radius 2 is 0.968 bits per heavy atom. The van der Waals surface area contributed by atoms with Crippen LogP contribution in [0.15, 0.2) is 152 Å². The van der Waals surface area contributed by atoms with E-state index in [1.807, 2.05) is 100 Å². The maximum absolute atomic E-state index is 16.8. The molecule has 10 rings (SSSR count). The van der Waals surface area contributed by atoms with Crippen molar-refractivity contribution in [1.29, 1.82) is 21.0 Å². The van der Waals surface area contributed by atoms with Gasteiger partial charge in [-0.1, -0.05) is 72.8 Å². The van der Waals surface area contributed by atoms with Gasteiger partial charge < -0.3 is 9.13 Å². The summed E-state index contributed by atoms with van der Waals surface area (Å²) in [6.45, 7) is 15.3. The van der Waals surface area contributed by atoms with Crippen LogP contribution in [0.2, 0.25) is 0 Å². The summed E-state index contributed by atoms with van der Waals surface area (Å²) in [5, 5.41) is 43.6. The lowest BCUT2D eigenvalue weighted by atomic mass is 9.96. The van der Waals surface area contributed by atoms with Gasteiger partial charge in [-0.3, -0.25) is 0 Å². The van der Waals surface area contributed by atoms with Gasteiger partial charge in [-0.05, 0) is 101 Å². The van der Waals surface area contributed by atoms with Crippen LogP contribution < -0.4 is 0 Å². The molecule has 63 heavy (non-hydrogen) atoms. The first kappa shape index (κ1) is 37.5. The van der Waals surface area contributed by atoms with E-state index in [1.54, 1.807) is 60.7 Å². The lowest BCUT2D eigenvalue weighted by Gasteiger charge is -2.21. The van der Waals surface area contributed by atoms with E-state index >= 15 is 4.39 Å². The summed E-state index contributed by atoms with van der Waals surface area (Å²) in [7, 11) is 0. The van der Waals surface area contributed by atoms with Crippen molar-refractivity contribution in [2.24, 2.45) is 0 Å². The van der Waals surface area contributed by atoms with Crippen LogP contribution in [0.1, 0.15) is 22.3 Å². The van der Waals surface area contributed by atoms with Gasteiger partial charge >= 0.3 is 0 Å². The second-order valence-electron chi connectivity index (χ2n) is 14.9. The molecule has 0 saturated heterocycles. The van der Waals surface area contributed by atoms with Crippen LogP contribution >= 0.6 is 0 Å². The minimum absolute atomic E-state index is 0.157. The van der Waals surface area contributed by atoms with Crippen molar-refractivity contribution in [3.8, 4) is 69.0 Å². The van der Waals surface area contributed by atoms with Gasteiger partial charge in [0.25, 0.3) is 0 Å². The second kappa shape index (κ2) is 14.8. The quantitative estimate of drug-likeness (QED) is 0.161. The van der Waals surface area contributed by atoms with E-state index in [0.29, 0.717) is 56.1 Å². The molecule has 0 atom stereocenters. The number of nitrogens with zero attached hydrogens (tertiary/aromatic N) is 8. The van der Waals surface area contributed by atoms with Crippen LogP contribution in [0, 0.1) is 64.3 Å². The standard InChI is InChI=1S/C54H25FN8/c1-60-38-15-18-40(47(27-38)61-2)36-14-20-51-45(26-36)42-8-4-6-10-49(42)63(51)53-24-34(30-58)23-52(54(53)43-17-12-33(29-57)22-46(43)55)62-48-9-5-3-7-41(48)44-25-35(13-19-50(44)62)39-16-11-32(28-56)21-37(39)31-59/h3-27H. The zero-order valence-electron chi connectivity index (χ0n) is 32.9. The Kier molecular flexibility index (Phi) is 8.81. The first-order valence-corrected chi connectivity index (χ1v) is 19.6. The molecule has 0 aliphatic carbocycles. The molecule has 0 aliphatic rings. The van der Waals surface area contributed by atoms with Gasteiger partial charge in [-0.15, -0.1) is 0 Å². The normalized spacial score (nSPS) is 10.8. The molecule has 0 bridgehead atoms. The monoisotopic (exact) mass is 804 g/mol. The zero-order chi connectivity index (χ0) is 43.4. The Balaban J connectivity index is 1.31. The van der Waals surface area contributed by atoms with Gasteiger partial charge in [0.1, 0.15) is 5.82 Å². The Hall–Kier alpha value is -9.77. The molecule has 8 aromatic carbocycles. The molecule has 0 saturated carbocycles. The molecule has 0 spiro atoms. The number of nitriles is 4. The first-order valence-electron chi connectivity index (χ1n) is 19.6. The molecule has 0 fully saturated rings. The van der Waals surface area contributed by atoms with Crippen LogP contribution in [0.3, 0.4) is 0 Å². The molecular formula is C54H25FN8. The minimum atomic E-state index is -0.619. The Morgan fingerprint density at radius 3 is 1.51 bits per heavy atom. The van der Waals surface area contributed by atoms with Gasteiger partial charge in [0.2, 0.25) is 0 Å². The van der Waals surface area contributed by atoms with Crippen LogP contribution in [0.25, 0.3) is 98.1 Å². The van der Waals surface area contributed by atoms with Crippen LogP contribution in [0.5, 0.6) is 0 Å². The molecule has 0 amide bonds. The first-order chi connectivity index (χ1) is 30.9. The van der Waals surface area contributed by atoms with Crippen LogP contribution in [0.4, 0.5) is 15.8 Å². The zero-order valence-corrected chi connectivity index (χ0v) is 32.9. The maximum Gasteiger partial charge on any atom is 0.184 e. The highest BCUT2D eigenvalue weighted by atomic mass is 19.1. The topological polar surface area (TPSA) is 114 Å². The molecule has 288 valence electrons. The number of para-hydroxylation sites is 2. The molecule has 2 heterocycles. The third kappa shape index (κ3) is 5.92. The van der Waals surface area contributed by atoms with Gasteiger partial charge in [-0.25, -0.2) is 14.1 Å². The average molecular weight is 805 g/mol. The SMILES string of the molecule is [C-]#[N+]c1ccc(-c2ccc3c(c2)c2ccccc2n3-c2cc(C#N)cc(-n3c4ccccc4c4cc(-c5ccc(C#N)cc5C#N)ccc43)c2-c2ccc(C#N)cc2F)c([N+]#[C-])c1. The fourth-order valence-electron chi connectivity index (χ4n) is 8.78. The second-order valence-corrected chi connectivity index (χ2v) is 14.9. The molecule has 9 heteroatoms. The number of halogens is 1. The smallest absolute Gasteiger partial charge is 0.184 e.